The van der Waals surface area contributed by atoms with E-state index in [0.29, 0.717) is 14.2 Å². The standard InChI is InChI=1S/C29H25ClF3IN2O7S/c1-4-40-19-12-15(11-18(34)24(19)43-14-21(37)41-5-2)13-20-26(38)36-23(16-7-9-17(30)10-8-16)22(27(39)42-6-3)25(29(31,32)33)35-28(36)44-20/h7-13,23H,4-6,14H2,1-3H3/b20-13-/t23-/m1/s1. The Balaban J connectivity index is 1.91. The number of carbonyl (C=O) groups is 2. The van der Waals surface area contributed by atoms with Crippen molar-refractivity contribution < 1.29 is 41.7 Å². The van der Waals surface area contributed by atoms with Gasteiger partial charge in [0.25, 0.3) is 5.56 Å². The predicted octanol–water partition coefficient (Wildman–Crippen LogP) is 4.94. The van der Waals surface area contributed by atoms with Crippen molar-refractivity contribution in [1.82, 2.24) is 4.57 Å². The van der Waals surface area contributed by atoms with Gasteiger partial charge in [-0.2, -0.15) is 13.2 Å². The van der Waals surface area contributed by atoms with E-state index >= 15 is 0 Å². The van der Waals surface area contributed by atoms with Crippen LogP contribution in [0.4, 0.5) is 13.2 Å². The molecule has 2 heterocycles. The van der Waals surface area contributed by atoms with Crippen LogP contribution in [0.3, 0.4) is 0 Å². The molecule has 234 valence electrons. The van der Waals surface area contributed by atoms with E-state index in [4.69, 9.17) is 30.5 Å². The van der Waals surface area contributed by atoms with Crippen LogP contribution in [0.5, 0.6) is 11.5 Å². The van der Waals surface area contributed by atoms with Crippen molar-refractivity contribution in [2.24, 2.45) is 4.99 Å². The molecule has 0 N–H and O–H groups in total. The van der Waals surface area contributed by atoms with Crippen LogP contribution in [0.2, 0.25) is 5.02 Å². The Bertz CT molecular complexity index is 1790. The van der Waals surface area contributed by atoms with Gasteiger partial charge in [-0.05, 0) is 84.8 Å². The normalized spacial score (nSPS) is 15.0. The van der Waals surface area contributed by atoms with Crippen LogP contribution in [0.25, 0.3) is 6.08 Å². The SMILES string of the molecule is CCOC(=O)COc1c(I)cc(/C=c2\sc3n(c2=O)[C@H](c2ccc(Cl)cc2)C(C(=O)OCC)=C(C(F)(F)F)N=3)cc1OCC. The number of fused-ring (bicyclic) bond motifs is 1. The fraction of sp³-hybridized carbons (Fsp3) is 0.310. The highest BCUT2D eigenvalue weighted by molar-refractivity contribution is 14.1. The van der Waals surface area contributed by atoms with Gasteiger partial charge in [-0.1, -0.05) is 35.1 Å². The molecular formula is C29H25ClF3IN2O7S. The number of benzene rings is 2. The molecular weight excluding hydrogens is 740 g/mol. The average molecular weight is 765 g/mol. The van der Waals surface area contributed by atoms with Crippen LogP contribution in [-0.4, -0.2) is 49.1 Å². The van der Waals surface area contributed by atoms with E-state index in [-0.39, 0.29) is 52.8 Å². The summed E-state index contributed by atoms with van der Waals surface area (Å²) in [6.45, 7) is 4.80. The first-order valence-corrected chi connectivity index (χ1v) is 15.5. The molecule has 9 nitrogen and oxygen atoms in total. The fourth-order valence-corrected chi connectivity index (χ4v) is 6.27. The number of aromatic nitrogens is 1. The molecule has 0 saturated carbocycles. The fourth-order valence-electron chi connectivity index (χ4n) is 4.36. The number of ether oxygens (including phenoxy) is 4. The molecule has 0 unspecified atom stereocenters. The number of halogens is 5. The summed E-state index contributed by atoms with van der Waals surface area (Å²) in [4.78, 5) is 42.1. The number of hydrogen-bond acceptors (Lipinski definition) is 9. The van der Waals surface area contributed by atoms with Gasteiger partial charge in [0, 0.05) is 5.02 Å². The lowest BCUT2D eigenvalue weighted by Gasteiger charge is -2.26. The highest BCUT2D eigenvalue weighted by Gasteiger charge is 2.45. The first-order chi connectivity index (χ1) is 20.9. The molecule has 15 heteroatoms. The molecule has 0 amide bonds. The lowest BCUT2D eigenvalue weighted by molar-refractivity contribution is -0.145. The second kappa shape index (κ2) is 14.2. The van der Waals surface area contributed by atoms with Crippen LogP contribution in [0.15, 0.2) is 57.5 Å². The van der Waals surface area contributed by atoms with Crippen molar-refractivity contribution in [3.63, 3.8) is 0 Å². The van der Waals surface area contributed by atoms with Crippen LogP contribution < -0.4 is 24.4 Å². The Kier molecular flexibility index (Phi) is 10.8. The van der Waals surface area contributed by atoms with Crippen LogP contribution >= 0.6 is 45.5 Å². The van der Waals surface area contributed by atoms with E-state index in [1.807, 2.05) is 22.6 Å². The van der Waals surface area contributed by atoms with E-state index in [1.54, 1.807) is 26.0 Å². The number of allylic oxidation sites excluding steroid dienone is 1. The van der Waals surface area contributed by atoms with Crippen molar-refractivity contribution in [2.45, 2.75) is 33.0 Å². The zero-order valence-electron chi connectivity index (χ0n) is 23.5. The van der Waals surface area contributed by atoms with Crippen LogP contribution in [0.1, 0.15) is 37.9 Å². The van der Waals surface area contributed by atoms with Gasteiger partial charge in [-0.25, -0.2) is 14.6 Å². The second-order valence-electron chi connectivity index (χ2n) is 8.97. The van der Waals surface area contributed by atoms with Gasteiger partial charge in [0.1, 0.15) is 0 Å². The van der Waals surface area contributed by atoms with Crippen molar-refractivity contribution >= 4 is 63.5 Å². The predicted molar refractivity (Wildman–Crippen MR) is 165 cm³/mol. The summed E-state index contributed by atoms with van der Waals surface area (Å²) in [7, 11) is 0. The summed E-state index contributed by atoms with van der Waals surface area (Å²) in [5, 5.41) is 0.313. The van der Waals surface area contributed by atoms with E-state index < -0.39 is 41.0 Å². The minimum atomic E-state index is -5.02. The lowest BCUT2D eigenvalue weighted by Crippen LogP contribution is -2.41. The topological polar surface area (TPSA) is 105 Å². The molecule has 0 aliphatic carbocycles. The van der Waals surface area contributed by atoms with Crippen LogP contribution in [-0.2, 0) is 19.1 Å². The minimum Gasteiger partial charge on any atom is -0.490 e. The largest absolute Gasteiger partial charge is 0.490 e. The number of rotatable bonds is 10. The van der Waals surface area contributed by atoms with E-state index in [2.05, 4.69) is 4.99 Å². The number of nitrogens with zero attached hydrogens (tertiary/aromatic N) is 2. The summed E-state index contributed by atoms with van der Waals surface area (Å²) in [6.07, 6.45) is -3.55. The molecule has 0 bridgehead atoms. The number of thiazole rings is 1. The zero-order valence-corrected chi connectivity index (χ0v) is 27.2. The monoisotopic (exact) mass is 764 g/mol. The summed E-state index contributed by atoms with van der Waals surface area (Å²) < 4.78 is 65.8. The van der Waals surface area contributed by atoms with E-state index in [0.717, 1.165) is 15.9 Å². The van der Waals surface area contributed by atoms with E-state index in [9.17, 15) is 27.6 Å². The number of hydrogen-bond donors (Lipinski definition) is 0. The van der Waals surface area contributed by atoms with Gasteiger partial charge in [0.15, 0.2) is 28.6 Å². The smallest absolute Gasteiger partial charge is 0.434 e. The third-order valence-electron chi connectivity index (χ3n) is 6.05. The maximum absolute atomic E-state index is 14.3. The molecule has 1 atom stereocenters. The Morgan fingerprint density at radius 2 is 1.75 bits per heavy atom. The maximum atomic E-state index is 14.3. The summed E-state index contributed by atoms with van der Waals surface area (Å²) in [6, 6.07) is 7.52. The van der Waals surface area contributed by atoms with Crippen molar-refractivity contribution in [3.05, 3.63) is 87.1 Å². The molecule has 1 aliphatic rings. The molecule has 0 radical (unpaired) electrons. The Labute approximate surface area is 271 Å². The quantitative estimate of drug-likeness (QED) is 0.213. The Morgan fingerprint density at radius 1 is 1.07 bits per heavy atom. The Hall–Kier alpha value is -3.37. The molecule has 3 aromatic rings. The third-order valence-corrected chi connectivity index (χ3v) is 8.09. The number of alkyl halides is 3. The van der Waals surface area contributed by atoms with Crippen molar-refractivity contribution in [2.75, 3.05) is 26.4 Å². The van der Waals surface area contributed by atoms with Gasteiger partial charge in [0.2, 0.25) is 0 Å². The summed E-state index contributed by atoms with van der Waals surface area (Å²) in [5.74, 6) is -1.24. The summed E-state index contributed by atoms with van der Waals surface area (Å²) in [5.41, 5.74) is -2.25. The zero-order chi connectivity index (χ0) is 32.2. The van der Waals surface area contributed by atoms with E-state index in [1.165, 1.54) is 37.3 Å². The molecule has 1 aromatic heterocycles. The number of esters is 2. The molecule has 0 fully saturated rings. The van der Waals surface area contributed by atoms with Gasteiger partial charge < -0.3 is 18.9 Å². The van der Waals surface area contributed by atoms with Gasteiger partial charge in [-0.15, -0.1) is 0 Å². The summed E-state index contributed by atoms with van der Waals surface area (Å²) >= 11 is 8.73. The van der Waals surface area contributed by atoms with Gasteiger partial charge in [0.05, 0.1) is 39.5 Å². The molecule has 1 aliphatic heterocycles. The molecule has 0 spiro atoms. The van der Waals surface area contributed by atoms with Crippen molar-refractivity contribution in [3.8, 4) is 11.5 Å². The second-order valence-corrected chi connectivity index (χ2v) is 11.6. The number of carbonyl (C=O) groups excluding carboxylic acids is 2. The minimum absolute atomic E-state index is 0.0489. The van der Waals surface area contributed by atoms with Gasteiger partial charge >= 0.3 is 18.1 Å². The Morgan fingerprint density at radius 3 is 2.36 bits per heavy atom. The highest BCUT2D eigenvalue weighted by atomic mass is 127. The maximum Gasteiger partial charge on any atom is 0.434 e. The highest BCUT2D eigenvalue weighted by Crippen LogP contribution is 2.39. The van der Waals surface area contributed by atoms with Gasteiger partial charge in [-0.3, -0.25) is 9.36 Å². The molecule has 2 aromatic carbocycles. The average Bonchev–Trinajstić information content (AvgIpc) is 3.26. The lowest BCUT2D eigenvalue weighted by atomic mass is 9.95. The molecule has 44 heavy (non-hydrogen) atoms. The van der Waals surface area contributed by atoms with Crippen LogP contribution in [0, 0.1) is 3.57 Å². The molecule has 0 saturated heterocycles. The third kappa shape index (κ3) is 7.29. The first-order valence-electron chi connectivity index (χ1n) is 13.2. The first kappa shape index (κ1) is 33.5. The molecule has 4 rings (SSSR count). The van der Waals surface area contributed by atoms with Crippen molar-refractivity contribution in [1.29, 1.82) is 0 Å².